The summed E-state index contributed by atoms with van der Waals surface area (Å²) in [6.45, 7) is 0. The van der Waals surface area contributed by atoms with Gasteiger partial charge in [-0.2, -0.15) is 5.10 Å². The molecule has 1 aliphatic carbocycles. The van der Waals surface area contributed by atoms with E-state index in [1.807, 2.05) is 0 Å². The minimum atomic E-state index is 0.107. The Hall–Kier alpha value is -1.81. The van der Waals surface area contributed by atoms with E-state index in [-0.39, 0.29) is 5.60 Å². The first-order valence-electron chi connectivity index (χ1n) is 6.16. The van der Waals surface area contributed by atoms with Gasteiger partial charge in [-0.05, 0) is 24.0 Å². The van der Waals surface area contributed by atoms with Crippen molar-refractivity contribution < 1.29 is 4.74 Å². The van der Waals surface area contributed by atoms with Crippen LogP contribution in [0.5, 0.6) is 0 Å². The summed E-state index contributed by atoms with van der Waals surface area (Å²) in [7, 11) is 1.80. The zero-order valence-corrected chi connectivity index (χ0v) is 10.4. The number of hydrogen-bond donors (Lipinski definition) is 2. The Kier molecular flexibility index (Phi) is 2.59. The molecule has 0 radical (unpaired) electrons. The average molecular weight is 243 g/mol. The third-order valence-electron chi connectivity index (χ3n) is 3.70. The Bertz CT molecular complexity index is 540. The van der Waals surface area contributed by atoms with Gasteiger partial charge in [-0.1, -0.05) is 24.3 Å². The lowest BCUT2D eigenvalue weighted by atomic mass is 10.0. The molecule has 1 saturated carbocycles. The number of aromatic amines is 1. The van der Waals surface area contributed by atoms with E-state index in [4.69, 9.17) is 10.5 Å². The lowest BCUT2D eigenvalue weighted by molar-refractivity contribution is 0.0807. The molecule has 0 amide bonds. The number of nitrogens with one attached hydrogen (secondary N) is 1. The van der Waals surface area contributed by atoms with Gasteiger partial charge in [-0.15, -0.1) is 0 Å². The fourth-order valence-corrected chi connectivity index (χ4v) is 2.29. The van der Waals surface area contributed by atoms with E-state index >= 15 is 0 Å². The van der Waals surface area contributed by atoms with Crippen molar-refractivity contribution in [3.63, 3.8) is 0 Å². The maximum atomic E-state index is 5.81. The van der Waals surface area contributed by atoms with Crippen molar-refractivity contribution in [1.82, 2.24) is 10.2 Å². The minimum absolute atomic E-state index is 0.107. The van der Waals surface area contributed by atoms with Crippen LogP contribution in [0.15, 0.2) is 30.5 Å². The number of H-pyrrole nitrogens is 1. The van der Waals surface area contributed by atoms with Gasteiger partial charge in [0.1, 0.15) is 5.82 Å². The summed E-state index contributed by atoms with van der Waals surface area (Å²) >= 11 is 0. The van der Waals surface area contributed by atoms with Gasteiger partial charge in [-0.25, -0.2) is 0 Å². The lowest BCUT2D eigenvalue weighted by Gasteiger charge is -2.13. The van der Waals surface area contributed by atoms with Crippen LogP contribution in [0.25, 0.3) is 11.1 Å². The third-order valence-corrected chi connectivity index (χ3v) is 3.70. The quantitative estimate of drug-likeness (QED) is 0.866. The fourth-order valence-electron chi connectivity index (χ4n) is 2.29. The van der Waals surface area contributed by atoms with Crippen LogP contribution in [0.1, 0.15) is 18.4 Å². The molecule has 1 aliphatic rings. The number of benzene rings is 1. The number of anilines is 1. The summed E-state index contributed by atoms with van der Waals surface area (Å²) in [5.41, 5.74) is 9.26. The van der Waals surface area contributed by atoms with Gasteiger partial charge in [0, 0.05) is 19.1 Å². The van der Waals surface area contributed by atoms with Crippen molar-refractivity contribution in [3.05, 3.63) is 36.0 Å². The van der Waals surface area contributed by atoms with Crippen molar-refractivity contribution in [1.29, 1.82) is 0 Å². The number of methoxy groups -OCH3 is 1. The largest absolute Gasteiger partial charge is 0.384 e. The van der Waals surface area contributed by atoms with Crippen molar-refractivity contribution in [2.45, 2.75) is 24.9 Å². The number of rotatable bonds is 4. The van der Waals surface area contributed by atoms with E-state index in [1.54, 1.807) is 13.3 Å². The maximum absolute atomic E-state index is 5.81. The summed E-state index contributed by atoms with van der Waals surface area (Å²) in [6.07, 6.45) is 5.08. The topological polar surface area (TPSA) is 63.9 Å². The molecule has 94 valence electrons. The molecule has 1 aromatic carbocycles. The van der Waals surface area contributed by atoms with E-state index in [1.165, 1.54) is 18.4 Å². The van der Waals surface area contributed by atoms with Gasteiger partial charge < -0.3 is 10.5 Å². The summed E-state index contributed by atoms with van der Waals surface area (Å²) in [6, 6.07) is 8.45. The monoisotopic (exact) mass is 243 g/mol. The van der Waals surface area contributed by atoms with Crippen LogP contribution in [0, 0.1) is 0 Å². The number of ether oxygens (including phenoxy) is 1. The highest BCUT2D eigenvalue weighted by atomic mass is 16.5. The molecular weight excluding hydrogens is 226 g/mol. The van der Waals surface area contributed by atoms with Gasteiger partial charge in [0.25, 0.3) is 0 Å². The van der Waals surface area contributed by atoms with Crippen molar-refractivity contribution in [2.75, 3.05) is 12.8 Å². The van der Waals surface area contributed by atoms with E-state index < -0.39 is 0 Å². The number of nitrogen functional groups attached to an aromatic ring is 1. The van der Waals surface area contributed by atoms with Crippen LogP contribution in [0.3, 0.4) is 0 Å². The average Bonchev–Trinajstić information content (AvgIpc) is 3.04. The highest BCUT2D eigenvalue weighted by molar-refractivity contribution is 5.73. The van der Waals surface area contributed by atoms with Gasteiger partial charge in [0.05, 0.1) is 11.8 Å². The predicted octanol–water partition coefficient (Wildman–Crippen LogP) is 2.38. The molecule has 2 aromatic rings. The first-order chi connectivity index (χ1) is 8.72. The van der Waals surface area contributed by atoms with E-state index in [0.717, 1.165) is 17.5 Å². The summed E-state index contributed by atoms with van der Waals surface area (Å²) in [5.74, 6) is 0.610. The molecule has 1 fully saturated rings. The number of nitrogens with zero attached hydrogens (tertiary/aromatic N) is 1. The smallest absolute Gasteiger partial charge is 0.126 e. The van der Waals surface area contributed by atoms with Crippen LogP contribution in [-0.2, 0) is 11.2 Å². The molecule has 0 saturated heterocycles. The zero-order chi connectivity index (χ0) is 12.6. The Morgan fingerprint density at radius 2 is 2.06 bits per heavy atom. The first kappa shape index (κ1) is 11.3. The van der Waals surface area contributed by atoms with Crippen LogP contribution >= 0.6 is 0 Å². The van der Waals surface area contributed by atoms with Crippen molar-refractivity contribution >= 4 is 5.82 Å². The fraction of sp³-hybridized carbons (Fsp3) is 0.357. The van der Waals surface area contributed by atoms with E-state index in [9.17, 15) is 0 Å². The highest BCUT2D eigenvalue weighted by Crippen LogP contribution is 2.42. The van der Waals surface area contributed by atoms with Crippen molar-refractivity contribution in [3.8, 4) is 11.1 Å². The standard InChI is InChI=1S/C14H17N3O/c1-18-14(6-7-14)8-10-2-4-11(5-3-10)12-9-16-17-13(12)15/h2-5,9H,6-8H2,1H3,(H3,15,16,17). The van der Waals surface area contributed by atoms with Gasteiger partial charge in [0.2, 0.25) is 0 Å². The normalized spacial score (nSPS) is 16.7. The summed E-state index contributed by atoms with van der Waals surface area (Å²) < 4.78 is 5.54. The Morgan fingerprint density at radius 3 is 2.56 bits per heavy atom. The molecule has 1 heterocycles. The molecule has 3 N–H and O–H groups in total. The predicted molar refractivity (Wildman–Crippen MR) is 71.1 cm³/mol. The van der Waals surface area contributed by atoms with Crippen LogP contribution in [-0.4, -0.2) is 22.9 Å². The molecule has 0 spiro atoms. The second-order valence-corrected chi connectivity index (χ2v) is 4.96. The molecule has 0 aliphatic heterocycles. The molecule has 4 nitrogen and oxygen atoms in total. The molecule has 0 bridgehead atoms. The Morgan fingerprint density at radius 1 is 1.33 bits per heavy atom. The number of aromatic nitrogens is 2. The molecule has 0 atom stereocenters. The maximum Gasteiger partial charge on any atom is 0.126 e. The van der Waals surface area contributed by atoms with Crippen LogP contribution < -0.4 is 5.73 Å². The Labute approximate surface area is 106 Å². The van der Waals surface area contributed by atoms with Gasteiger partial charge in [0.15, 0.2) is 0 Å². The van der Waals surface area contributed by atoms with Crippen LogP contribution in [0.2, 0.25) is 0 Å². The van der Waals surface area contributed by atoms with Crippen LogP contribution in [0.4, 0.5) is 5.82 Å². The third kappa shape index (κ3) is 1.99. The van der Waals surface area contributed by atoms with Gasteiger partial charge >= 0.3 is 0 Å². The summed E-state index contributed by atoms with van der Waals surface area (Å²) in [4.78, 5) is 0. The summed E-state index contributed by atoms with van der Waals surface area (Å²) in [5, 5.41) is 6.68. The molecule has 0 unspecified atom stereocenters. The van der Waals surface area contributed by atoms with Crippen molar-refractivity contribution in [2.24, 2.45) is 0 Å². The molecule has 3 rings (SSSR count). The molecular formula is C14H17N3O. The highest BCUT2D eigenvalue weighted by Gasteiger charge is 2.42. The molecule has 4 heteroatoms. The number of nitrogens with two attached hydrogens (primary N) is 1. The molecule has 1 aromatic heterocycles. The van der Waals surface area contributed by atoms with Gasteiger partial charge in [-0.3, -0.25) is 5.10 Å². The SMILES string of the molecule is COC1(Cc2ccc(-c3cn[nH]c3N)cc2)CC1. The Balaban J connectivity index is 1.79. The first-order valence-corrected chi connectivity index (χ1v) is 6.16. The van der Waals surface area contributed by atoms with E-state index in [2.05, 4.69) is 34.5 Å². The van der Waals surface area contributed by atoms with E-state index in [0.29, 0.717) is 5.82 Å². The lowest BCUT2D eigenvalue weighted by Crippen LogP contribution is -2.14. The second kappa shape index (κ2) is 4.14. The zero-order valence-electron chi connectivity index (χ0n) is 10.4. The number of hydrogen-bond acceptors (Lipinski definition) is 3. The second-order valence-electron chi connectivity index (χ2n) is 4.96. The minimum Gasteiger partial charge on any atom is -0.384 e. The molecule has 18 heavy (non-hydrogen) atoms.